The molecule has 0 aliphatic heterocycles. The summed E-state index contributed by atoms with van der Waals surface area (Å²) in [7, 11) is 0. The summed E-state index contributed by atoms with van der Waals surface area (Å²) >= 11 is 6.00. The Morgan fingerprint density at radius 1 is 1.40 bits per heavy atom. The van der Waals surface area contributed by atoms with Gasteiger partial charge in [-0.1, -0.05) is 28.9 Å². The predicted octanol–water partition coefficient (Wildman–Crippen LogP) is 2.80. The zero-order valence-corrected chi connectivity index (χ0v) is 8.95. The molecule has 0 amide bonds. The number of rotatable bonds is 2. The number of halogens is 1. The number of aliphatic hydroxyl groups excluding tert-OH is 1. The molecule has 2 rings (SSSR count). The van der Waals surface area contributed by atoms with Crippen molar-refractivity contribution in [3.05, 3.63) is 40.6 Å². The summed E-state index contributed by atoms with van der Waals surface area (Å²) < 4.78 is 4.90. The van der Waals surface area contributed by atoms with E-state index in [-0.39, 0.29) is 6.61 Å². The van der Waals surface area contributed by atoms with E-state index in [0.717, 1.165) is 11.1 Å². The van der Waals surface area contributed by atoms with Crippen LogP contribution in [0, 0.1) is 6.92 Å². The number of aliphatic hydroxyl groups is 1. The van der Waals surface area contributed by atoms with Crippen LogP contribution in [0.5, 0.6) is 0 Å². The third kappa shape index (κ3) is 2.03. The van der Waals surface area contributed by atoms with E-state index < -0.39 is 0 Å². The van der Waals surface area contributed by atoms with E-state index in [0.29, 0.717) is 16.5 Å². The van der Waals surface area contributed by atoms with Crippen molar-refractivity contribution in [2.24, 2.45) is 0 Å². The molecule has 2 aromatic rings. The fourth-order valence-electron chi connectivity index (χ4n) is 1.28. The van der Waals surface area contributed by atoms with Gasteiger partial charge in [-0.05, 0) is 18.6 Å². The molecule has 0 radical (unpaired) electrons. The molecule has 0 saturated heterocycles. The largest absolute Gasteiger partial charge is 0.388 e. The van der Waals surface area contributed by atoms with E-state index in [9.17, 15) is 0 Å². The third-order valence-corrected chi connectivity index (χ3v) is 2.59. The van der Waals surface area contributed by atoms with Crippen LogP contribution in [0.25, 0.3) is 11.3 Å². The van der Waals surface area contributed by atoms with Crippen molar-refractivity contribution in [3.63, 3.8) is 0 Å². The van der Waals surface area contributed by atoms with Gasteiger partial charge in [-0.15, -0.1) is 0 Å². The van der Waals surface area contributed by atoms with Crippen molar-refractivity contribution < 1.29 is 9.63 Å². The summed E-state index contributed by atoms with van der Waals surface area (Å²) in [5.41, 5.74) is 2.58. The number of benzene rings is 1. The molecule has 0 aliphatic rings. The SMILES string of the molecule is Cc1ccc(-c2cc(CO)on2)cc1Cl. The second-order valence-corrected chi connectivity index (χ2v) is 3.71. The molecule has 1 heterocycles. The minimum atomic E-state index is -0.146. The van der Waals surface area contributed by atoms with E-state index in [1.165, 1.54) is 0 Å². The van der Waals surface area contributed by atoms with E-state index in [2.05, 4.69) is 5.16 Å². The molecule has 0 spiro atoms. The highest BCUT2D eigenvalue weighted by molar-refractivity contribution is 6.31. The van der Waals surface area contributed by atoms with E-state index in [4.69, 9.17) is 21.2 Å². The summed E-state index contributed by atoms with van der Waals surface area (Å²) in [5, 5.41) is 13.4. The molecular weight excluding hydrogens is 214 g/mol. The Balaban J connectivity index is 2.40. The van der Waals surface area contributed by atoms with Gasteiger partial charge in [-0.25, -0.2) is 0 Å². The Morgan fingerprint density at radius 2 is 2.20 bits per heavy atom. The molecule has 3 nitrogen and oxygen atoms in total. The first-order valence-corrected chi connectivity index (χ1v) is 4.91. The predicted molar refractivity (Wildman–Crippen MR) is 57.6 cm³/mol. The number of hydrogen-bond donors (Lipinski definition) is 1. The summed E-state index contributed by atoms with van der Waals surface area (Å²) in [6.07, 6.45) is 0. The highest BCUT2D eigenvalue weighted by Crippen LogP contribution is 2.24. The van der Waals surface area contributed by atoms with Gasteiger partial charge in [0.15, 0.2) is 5.76 Å². The minimum Gasteiger partial charge on any atom is -0.388 e. The molecule has 15 heavy (non-hydrogen) atoms. The maximum absolute atomic E-state index is 8.84. The Labute approximate surface area is 92.3 Å². The van der Waals surface area contributed by atoms with Crippen molar-refractivity contribution in [2.45, 2.75) is 13.5 Å². The van der Waals surface area contributed by atoms with Gasteiger partial charge >= 0.3 is 0 Å². The van der Waals surface area contributed by atoms with Gasteiger partial charge in [0.2, 0.25) is 0 Å². The molecule has 1 aromatic carbocycles. The number of nitrogens with zero attached hydrogens (tertiary/aromatic N) is 1. The molecule has 0 atom stereocenters. The molecule has 1 N–H and O–H groups in total. The zero-order chi connectivity index (χ0) is 10.8. The monoisotopic (exact) mass is 223 g/mol. The first kappa shape index (κ1) is 10.2. The zero-order valence-electron chi connectivity index (χ0n) is 8.20. The second kappa shape index (κ2) is 4.04. The lowest BCUT2D eigenvalue weighted by molar-refractivity contribution is 0.229. The molecule has 0 saturated carbocycles. The molecule has 1 aromatic heterocycles. The van der Waals surface area contributed by atoms with Crippen LogP contribution >= 0.6 is 11.6 Å². The standard InChI is InChI=1S/C11H10ClNO2/c1-7-2-3-8(4-10(7)12)11-5-9(6-14)15-13-11/h2-5,14H,6H2,1H3. The molecule has 4 heteroatoms. The van der Waals surface area contributed by atoms with Crippen LogP contribution in [0.4, 0.5) is 0 Å². The molecular formula is C11H10ClNO2. The Bertz CT molecular complexity index is 479. The number of hydrogen-bond acceptors (Lipinski definition) is 3. The number of aromatic nitrogens is 1. The normalized spacial score (nSPS) is 10.6. The second-order valence-electron chi connectivity index (χ2n) is 3.30. The van der Waals surface area contributed by atoms with Crippen LogP contribution in [-0.4, -0.2) is 10.3 Å². The van der Waals surface area contributed by atoms with Crippen LogP contribution in [-0.2, 0) is 6.61 Å². The summed E-state index contributed by atoms with van der Waals surface area (Å²) in [6.45, 7) is 1.79. The first-order valence-electron chi connectivity index (χ1n) is 4.53. The molecule has 0 fully saturated rings. The lowest BCUT2D eigenvalue weighted by Gasteiger charge is -1.99. The average molecular weight is 224 g/mol. The highest BCUT2D eigenvalue weighted by atomic mass is 35.5. The van der Waals surface area contributed by atoms with Crippen LogP contribution < -0.4 is 0 Å². The Morgan fingerprint density at radius 3 is 2.80 bits per heavy atom. The fraction of sp³-hybridized carbons (Fsp3) is 0.182. The topological polar surface area (TPSA) is 46.3 Å². The molecule has 0 bridgehead atoms. The molecule has 0 unspecified atom stereocenters. The van der Waals surface area contributed by atoms with Crippen molar-refractivity contribution in [1.29, 1.82) is 0 Å². The Hall–Kier alpha value is -1.32. The minimum absolute atomic E-state index is 0.146. The van der Waals surface area contributed by atoms with Crippen LogP contribution in [0.1, 0.15) is 11.3 Å². The van der Waals surface area contributed by atoms with E-state index in [1.807, 2.05) is 25.1 Å². The lowest BCUT2D eigenvalue weighted by atomic mass is 10.1. The summed E-state index contributed by atoms with van der Waals surface area (Å²) in [6, 6.07) is 7.36. The van der Waals surface area contributed by atoms with Crippen LogP contribution in [0.15, 0.2) is 28.8 Å². The van der Waals surface area contributed by atoms with Gasteiger partial charge in [0.05, 0.1) is 0 Å². The quantitative estimate of drug-likeness (QED) is 0.852. The maximum atomic E-state index is 8.84. The maximum Gasteiger partial charge on any atom is 0.162 e. The van der Waals surface area contributed by atoms with E-state index in [1.54, 1.807) is 6.07 Å². The van der Waals surface area contributed by atoms with Crippen molar-refractivity contribution in [3.8, 4) is 11.3 Å². The Kier molecular flexibility index (Phi) is 2.75. The van der Waals surface area contributed by atoms with Gasteiger partial charge in [0.1, 0.15) is 12.3 Å². The van der Waals surface area contributed by atoms with Crippen LogP contribution in [0.3, 0.4) is 0 Å². The first-order chi connectivity index (χ1) is 7.20. The summed E-state index contributed by atoms with van der Waals surface area (Å²) in [5.74, 6) is 0.446. The fourth-order valence-corrected chi connectivity index (χ4v) is 1.46. The van der Waals surface area contributed by atoms with Gasteiger partial charge in [0.25, 0.3) is 0 Å². The van der Waals surface area contributed by atoms with Crippen molar-refractivity contribution in [1.82, 2.24) is 5.16 Å². The highest BCUT2D eigenvalue weighted by Gasteiger charge is 2.06. The van der Waals surface area contributed by atoms with Gasteiger partial charge < -0.3 is 9.63 Å². The van der Waals surface area contributed by atoms with E-state index >= 15 is 0 Å². The smallest absolute Gasteiger partial charge is 0.162 e. The average Bonchev–Trinajstić information content (AvgIpc) is 2.70. The third-order valence-electron chi connectivity index (χ3n) is 2.18. The van der Waals surface area contributed by atoms with Crippen molar-refractivity contribution >= 4 is 11.6 Å². The summed E-state index contributed by atoms with van der Waals surface area (Å²) in [4.78, 5) is 0. The van der Waals surface area contributed by atoms with Crippen LogP contribution in [0.2, 0.25) is 5.02 Å². The lowest BCUT2D eigenvalue weighted by Crippen LogP contribution is -1.80. The van der Waals surface area contributed by atoms with Gasteiger partial charge in [0, 0.05) is 16.7 Å². The van der Waals surface area contributed by atoms with Gasteiger partial charge in [-0.2, -0.15) is 0 Å². The van der Waals surface area contributed by atoms with Gasteiger partial charge in [-0.3, -0.25) is 0 Å². The van der Waals surface area contributed by atoms with Crippen molar-refractivity contribution in [2.75, 3.05) is 0 Å². The number of aryl methyl sites for hydroxylation is 1. The molecule has 0 aliphatic carbocycles. The molecule has 78 valence electrons.